The fourth-order valence-electron chi connectivity index (χ4n) is 11.2. The molecule has 3 atom stereocenters. The van der Waals surface area contributed by atoms with Gasteiger partial charge in [0.2, 0.25) is 17.7 Å². The number of carbonyl (C=O) groups is 5. The average molecular weight is 868 g/mol. The molecule has 3 aromatic carbocycles. The Morgan fingerprint density at radius 3 is 2.13 bits per heavy atom. The van der Waals surface area contributed by atoms with E-state index in [9.17, 15) is 32.8 Å². The lowest BCUT2D eigenvalue weighted by Crippen LogP contribution is -2.54. The number of anilines is 1. The standard InChI is InChI=1S/C47H49F4N7O5/c1-25-16-32-31-4-2-3-5-37(31)52-42(32)43(57(25)24-39(50)51)41-35(48)19-30(20-36(41)49)55-14-8-26(9-15-55)21-54-12-10-27(11-13-54)45(61)56-22-28-17-33-34(18-29(28)23-56)47(63)58(46(33)62)38-6-7-40(59)53-44(38)60/h2-5,17-20,25-27,38-39,43,52H,6-16,21-24H2,1H3,(H,53,59,60)/t25-,38?,43-/m1/s1. The minimum absolute atomic E-state index is 0.0463. The van der Waals surface area contributed by atoms with Crippen molar-refractivity contribution in [2.75, 3.05) is 44.2 Å². The molecular weight excluding hydrogens is 819 g/mol. The van der Waals surface area contributed by atoms with Crippen molar-refractivity contribution >= 4 is 46.1 Å². The van der Waals surface area contributed by atoms with Gasteiger partial charge in [-0.1, -0.05) is 18.2 Å². The molecular formula is C47H49F4N7O5. The van der Waals surface area contributed by atoms with Crippen molar-refractivity contribution in [2.24, 2.45) is 11.8 Å². The monoisotopic (exact) mass is 867 g/mol. The number of para-hydroxylation sites is 1. The summed E-state index contributed by atoms with van der Waals surface area (Å²) in [7, 11) is 0. The molecule has 6 aliphatic rings. The topological polar surface area (TPSA) is 129 Å². The molecule has 6 aliphatic heterocycles. The Bertz CT molecular complexity index is 2480. The summed E-state index contributed by atoms with van der Waals surface area (Å²) < 4.78 is 60.4. The Morgan fingerprint density at radius 1 is 0.841 bits per heavy atom. The number of aromatic nitrogens is 1. The molecule has 1 aromatic heterocycles. The number of alkyl halides is 2. The van der Waals surface area contributed by atoms with E-state index in [4.69, 9.17) is 0 Å². The van der Waals surface area contributed by atoms with Crippen LogP contribution in [0, 0.1) is 23.5 Å². The maximum atomic E-state index is 16.3. The third kappa shape index (κ3) is 7.38. The molecule has 3 fully saturated rings. The average Bonchev–Trinajstić information content (AvgIpc) is 3.92. The molecule has 0 aliphatic carbocycles. The van der Waals surface area contributed by atoms with Crippen LogP contribution in [0.1, 0.15) is 100 Å². The first-order chi connectivity index (χ1) is 30.3. The molecule has 4 aromatic rings. The maximum absolute atomic E-state index is 16.3. The predicted molar refractivity (Wildman–Crippen MR) is 224 cm³/mol. The molecule has 0 radical (unpaired) electrons. The number of nitrogens with one attached hydrogen (secondary N) is 2. The second-order valence-electron chi connectivity index (χ2n) is 18.2. The molecule has 63 heavy (non-hydrogen) atoms. The summed E-state index contributed by atoms with van der Waals surface area (Å²) in [5.41, 5.74) is 4.51. The first kappa shape index (κ1) is 41.4. The van der Waals surface area contributed by atoms with Crippen molar-refractivity contribution in [1.29, 1.82) is 0 Å². The number of imide groups is 2. The van der Waals surface area contributed by atoms with Gasteiger partial charge in [-0.05, 0) is 111 Å². The molecule has 0 saturated carbocycles. The van der Waals surface area contributed by atoms with Crippen LogP contribution < -0.4 is 10.2 Å². The quantitative estimate of drug-likeness (QED) is 0.165. The van der Waals surface area contributed by atoms with Crippen LogP contribution in [0.5, 0.6) is 0 Å². The normalized spacial score (nSPS) is 23.8. The lowest BCUT2D eigenvalue weighted by Gasteiger charge is -2.41. The third-order valence-electron chi connectivity index (χ3n) is 14.4. The molecule has 1 unspecified atom stereocenters. The van der Waals surface area contributed by atoms with Crippen LogP contribution in [-0.4, -0.2) is 112 Å². The second-order valence-corrected chi connectivity index (χ2v) is 18.2. The summed E-state index contributed by atoms with van der Waals surface area (Å²) in [5, 5.41) is 3.14. The molecule has 12 nitrogen and oxygen atoms in total. The number of hydrogen-bond donors (Lipinski definition) is 2. The van der Waals surface area contributed by atoms with Crippen molar-refractivity contribution in [3.63, 3.8) is 0 Å². The predicted octanol–water partition coefficient (Wildman–Crippen LogP) is 5.92. The third-order valence-corrected chi connectivity index (χ3v) is 14.4. The zero-order chi connectivity index (χ0) is 43.8. The Balaban J connectivity index is 0.733. The lowest BCUT2D eigenvalue weighted by atomic mass is 9.88. The van der Waals surface area contributed by atoms with E-state index in [0.717, 1.165) is 65.0 Å². The summed E-state index contributed by atoms with van der Waals surface area (Å²) in [6.45, 7) is 5.52. The minimum Gasteiger partial charge on any atom is -0.371 e. The number of hydrogen-bond acceptors (Lipinski definition) is 8. The molecule has 7 heterocycles. The van der Waals surface area contributed by atoms with E-state index in [1.165, 1.54) is 17.0 Å². The SMILES string of the molecule is C[C@@H]1Cc2c([nH]c3ccccc23)[C@@H](c2c(F)cc(N3CCC(CN4CCC(C(=O)N5Cc6cc7c(cc6C5)C(=O)N(C5CCC(=O)NC5=O)C7=O)CC4)CC3)cc2F)N1CC(F)F. The summed E-state index contributed by atoms with van der Waals surface area (Å²) in [5.74, 6) is -3.44. The van der Waals surface area contributed by atoms with Crippen LogP contribution in [0.25, 0.3) is 10.9 Å². The number of rotatable bonds is 8. The van der Waals surface area contributed by atoms with Gasteiger partial charge in [0.05, 0.1) is 23.7 Å². The molecule has 16 heteroatoms. The van der Waals surface area contributed by atoms with E-state index < -0.39 is 60.3 Å². The summed E-state index contributed by atoms with van der Waals surface area (Å²) in [6, 6.07) is 11.2. The highest BCUT2D eigenvalue weighted by molar-refractivity contribution is 6.23. The number of fused-ring (bicyclic) bond motifs is 5. The second kappa shape index (κ2) is 16.2. The number of carbonyl (C=O) groups excluding carboxylic acids is 5. The summed E-state index contributed by atoms with van der Waals surface area (Å²) in [4.78, 5) is 76.5. The van der Waals surface area contributed by atoms with Gasteiger partial charge in [-0.15, -0.1) is 0 Å². The number of piperidine rings is 3. The van der Waals surface area contributed by atoms with E-state index >= 15 is 8.78 Å². The van der Waals surface area contributed by atoms with Gasteiger partial charge in [0.1, 0.15) is 17.7 Å². The first-order valence-electron chi connectivity index (χ1n) is 22.1. The first-order valence-corrected chi connectivity index (χ1v) is 22.1. The van der Waals surface area contributed by atoms with Gasteiger partial charge in [-0.3, -0.25) is 39.1 Å². The number of amides is 5. The molecule has 2 N–H and O–H groups in total. The van der Waals surface area contributed by atoms with Gasteiger partial charge in [-0.2, -0.15) is 0 Å². The number of aromatic amines is 1. The molecule has 330 valence electrons. The molecule has 10 rings (SSSR count). The number of benzene rings is 3. The highest BCUT2D eigenvalue weighted by Gasteiger charge is 2.46. The number of H-pyrrole nitrogens is 1. The van der Waals surface area contributed by atoms with E-state index in [-0.39, 0.29) is 47.4 Å². The van der Waals surface area contributed by atoms with Crippen molar-refractivity contribution in [3.8, 4) is 0 Å². The van der Waals surface area contributed by atoms with Crippen molar-refractivity contribution < 1.29 is 41.5 Å². The van der Waals surface area contributed by atoms with E-state index in [2.05, 4.69) is 15.2 Å². The largest absolute Gasteiger partial charge is 0.371 e. The Morgan fingerprint density at radius 2 is 1.49 bits per heavy atom. The number of halogens is 4. The zero-order valence-corrected chi connectivity index (χ0v) is 35.0. The Labute approximate surface area is 361 Å². The van der Waals surface area contributed by atoms with Gasteiger partial charge >= 0.3 is 0 Å². The van der Waals surface area contributed by atoms with Crippen LogP contribution >= 0.6 is 0 Å². The van der Waals surface area contributed by atoms with Gasteiger partial charge in [0, 0.05) is 79.0 Å². The number of nitrogens with zero attached hydrogens (tertiary/aromatic N) is 5. The molecule has 0 bridgehead atoms. The maximum Gasteiger partial charge on any atom is 0.262 e. The fraction of sp³-hybridized carbons (Fsp3) is 0.468. The van der Waals surface area contributed by atoms with E-state index in [1.807, 2.05) is 36.1 Å². The van der Waals surface area contributed by atoms with Gasteiger partial charge < -0.3 is 19.7 Å². The molecule has 3 saturated heterocycles. The summed E-state index contributed by atoms with van der Waals surface area (Å²) in [6.07, 6.45) is 1.01. The summed E-state index contributed by atoms with van der Waals surface area (Å²) >= 11 is 0. The Hall–Kier alpha value is -5.61. The van der Waals surface area contributed by atoms with Crippen LogP contribution in [0.15, 0.2) is 48.5 Å². The van der Waals surface area contributed by atoms with Crippen LogP contribution in [0.4, 0.5) is 23.2 Å². The van der Waals surface area contributed by atoms with Crippen LogP contribution in [0.3, 0.4) is 0 Å². The molecule has 5 amide bonds. The van der Waals surface area contributed by atoms with E-state index in [0.29, 0.717) is 62.7 Å². The smallest absolute Gasteiger partial charge is 0.262 e. The molecule has 0 spiro atoms. The van der Waals surface area contributed by atoms with Gasteiger partial charge in [0.15, 0.2) is 0 Å². The van der Waals surface area contributed by atoms with Gasteiger partial charge in [-0.25, -0.2) is 17.6 Å². The fourth-order valence-corrected chi connectivity index (χ4v) is 11.2. The van der Waals surface area contributed by atoms with Crippen molar-refractivity contribution in [3.05, 3.63) is 99.2 Å². The highest BCUT2D eigenvalue weighted by Crippen LogP contribution is 2.44. The highest BCUT2D eigenvalue weighted by atomic mass is 19.3. The van der Waals surface area contributed by atoms with Crippen LogP contribution in [0.2, 0.25) is 0 Å². The van der Waals surface area contributed by atoms with Crippen LogP contribution in [-0.2, 0) is 33.9 Å². The van der Waals surface area contributed by atoms with Crippen molar-refractivity contribution in [2.45, 2.75) is 89.5 Å². The zero-order valence-electron chi connectivity index (χ0n) is 35.0. The Kier molecular flexibility index (Phi) is 10.6. The van der Waals surface area contributed by atoms with E-state index in [1.54, 1.807) is 17.0 Å². The van der Waals surface area contributed by atoms with Crippen molar-refractivity contribution in [1.82, 2.24) is 29.9 Å². The van der Waals surface area contributed by atoms with Gasteiger partial charge in [0.25, 0.3) is 18.2 Å². The minimum atomic E-state index is -2.67. The lowest BCUT2D eigenvalue weighted by molar-refractivity contribution is -0.138. The number of likely N-dealkylation sites (tertiary alicyclic amines) is 1.